The first kappa shape index (κ1) is 26.5. The Morgan fingerprint density at radius 2 is 1.50 bits per heavy atom. The predicted molar refractivity (Wildman–Crippen MR) is 142 cm³/mol. The minimum atomic E-state index is -1.37. The van der Waals surface area contributed by atoms with Gasteiger partial charge >= 0.3 is 11.9 Å². The van der Waals surface area contributed by atoms with Gasteiger partial charge < -0.3 is 19.7 Å². The molecule has 2 saturated carbocycles. The molecule has 0 spiro atoms. The zero-order valence-corrected chi connectivity index (χ0v) is 24.0. The van der Waals surface area contributed by atoms with E-state index in [0.29, 0.717) is 12.8 Å². The van der Waals surface area contributed by atoms with Gasteiger partial charge in [0, 0.05) is 6.54 Å². The smallest absolute Gasteiger partial charge is 0.327 e. The molecular formula is C31H45NO6. The third kappa shape index (κ3) is 3.24. The Morgan fingerprint density at radius 3 is 2.21 bits per heavy atom. The summed E-state index contributed by atoms with van der Waals surface area (Å²) in [7, 11) is 1.77. The first-order chi connectivity index (χ1) is 17.7. The van der Waals surface area contributed by atoms with Gasteiger partial charge in [-0.2, -0.15) is 0 Å². The van der Waals surface area contributed by atoms with Crippen molar-refractivity contribution in [2.75, 3.05) is 13.6 Å². The topological polar surface area (TPSA) is 96.3 Å². The number of ether oxygens (including phenoxy) is 2. The van der Waals surface area contributed by atoms with E-state index in [0.717, 1.165) is 62.5 Å². The molecule has 4 fully saturated rings. The Hall–Kier alpha value is -1.70. The van der Waals surface area contributed by atoms with E-state index in [4.69, 9.17) is 9.47 Å². The van der Waals surface area contributed by atoms with Crippen molar-refractivity contribution in [1.29, 1.82) is 0 Å². The van der Waals surface area contributed by atoms with Gasteiger partial charge in [-0.1, -0.05) is 25.0 Å². The molecule has 0 radical (unpaired) electrons. The van der Waals surface area contributed by atoms with Crippen LogP contribution in [-0.2, 0) is 19.1 Å². The number of carbonyl (C=O) groups excluding carboxylic acids is 2. The van der Waals surface area contributed by atoms with Crippen LogP contribution >= 0.6 is 0 Å². The molecule has 0 aromatic heterocycles. The van der Waals surface area contributed by atoms with Crippen molar-refractivity contribution < 1.29 is 29.3 Å². The fourth-order valence-electron chi connectivity index (χ4n) is 9.97. The molecule has 2 saturated heterocycles. The number of nitrogens with zero attached hydrogens (tertiary/aromatic N) is 1. The van der Waals surface area contributed by atoms with Crippen LogP contribution in [-0.4, -0.2) is 69.6 Å². The Morgan fingerprint density at radius 1 is 0.868 bits per heavy atom. The summed E-state index contributed by atoms with van der Waals surface area (Å²) in [5.41, 5.74) is 0.683. The molecule has 4 unspecified atom stereocenters. The van der Waals surface area contributed by atoms with E-state index in [1.807, 2.05) is 6.92 Å². The van der Waals surface area contributed by atoms with Gasteiger partial charge in [0.15, 0.2) is 11.7 Å². The van der Waals surface area contributed by atoms with Crippen LogP contribution in [0.1, 0.15) is 98.8 Å². The SMILES string of the molecule is CC1=C2[C@@H]3OC(=O)C(N(C)CC4C(=O)O[C@@]5(C)C6=C(C)CCC[C@@]6(C)CCC45O)C3(O)CC[C@@]2(C)CCC1. The summed E-state index contributed by atoms with van der Waals surface area (Å²) in [6.07, 6.45) is 8.08. The highest BCUT2D eigenvalue weighted by Crippen LogP contribution is 2.63. The van der Waals surface area contributed by atoms with Crippen molar-refractivity contribution in [3.8, 4) is 0 Å². The summed E-state index contributed by atoms with van der Waals surface area (Å²) in [6.45, 7) is 10.7. The Balaban J connectivity index is 1.31. The number of likely N-dealkylation sites (N-methyl/N-ethyl adjacent to an activating group) is 1. The molecule has 210 valence electrons. The molecule has 38 heavy (non-hydrogen) atoms. The van der Waals surface area contributed by atoms with Crippen molar-refractivity contribution in [3.63, 3.8) is 0 Å². The number of fused-ring (bicyclic) bond motifs is 6. The molecule has 2 heterocycles. The van der Waals surface area contributed by atoms with E-state index in [-0.39, 0.29) is 17.4 Å². The summed E-state index contributed by atoms with van der Waals surface area (Å²) in [6, 6.07) is -0.896. The lowest BCUT2D eigenvalue weighted by atomic mass is 9.53. The second-order valence-electron chi connectivity index (χ2n) is 14.3. The fourth-order valence-corrected chi connectivity index (χ4v) is 9.97. The van der Waals surface area contributed by atoms with E-state index in [9.17, 15) is 19.8 Å². The molecule has 7 nitrogen and oxygen atoms in total. The van der Waals surface area contributed by atoms with Gasteiger partial charge in [0.2, 0.25) is 0 Å². The molecule has 0 aromatic rings. The van der Waals surface area contributed by atoms with Crippen molar-refractivity contribution in [1.82, 2.24) is 4.90 Å². The maximum Gasteiger partial charge on any atom is 0.327 e. The minimum absolute atomic E-state index is 0.0560. The molecule has 0 aromatic carbocycles. The summed E-state index contributed by atoms with van der Waals surface area (Å²) >= 11 is 0. The summed E-state index contributed by atoms with van der Waals surface area (Å²) in [4.78, 5) is 28.6. The van der Waals surface area contributed by atoms with Gasteiger partial charge in [0.1, 0.15) is 23.2 Å². The van der Waals surface area contributed by atoms with E-state index >= 15 is 0 Å². The molecule has 0 bridgehead atoms. The Labute approximate surface area is 226 Å². The molecule has 7 heteroatoms. The molecular weight excluding hydrogens is 482 g/mol. The van der Waals surface area contributed by atoms with Gasteiger partial charge in [-0.25, -0.2) is 0 Å². The van der Waals surface area contributed by atoms with E-state index in [1.165, 1.54) is 11.1 Å². The highest BCUT2D eigenvalue weighted by Gasteiger charge is 2.71. The van der Waals surface area contributed by atoms with Crippen LogP contribution in [0.5, 0.6) is 0 Å². The second kappa shape index (κ2) is 8.17. The quantitative estimate of drug-likeness (QED) is 0.419. The van der Waals surface area contributed by atoms with Crippen LogP contribution < -0.4 is 0 Å². The molecule has 2 aliphatic heterocycles. The largest absolute Gasteiger partial charge is 0.453 e. The summed E-state index contributed by atoms with van der Waals surface area (Å²) < 4.78 is 12.1. The number of esters is 2. The highest BCUT2D eigenvalue weighted by atomic mass is 16.6. The molecule has 6 aliphatic rings. The average molecular weight is 528 g/mol. The highest BCUT2D eigenvalue weighted by molar-refractivity contribution is 5.83. The molecule has 0 amide bonds. The third-order valence-corrected chi connectivity index (χ3v) is 11.9. The maximum absolute atomic E-state index is 13.5. The van der Waals surface area contributed by atoms with Crippen LogP contribution in [0.3, 0.4) is 0 Å². The zero-order chi connectivity index (χ0) is 27.5. The van der Waals surface area contributed by atoms with Crippen LogP contribution in [0.2, 0.25) is 0 Å². The lowest BCUT2D eigenvalue weighted by Gasteiger charge is -2.55. The standard InChI is InChI=1S/C31H45NO6/c1-18-9-7-11-27(3)13-15-30(35)23(26(34)37-24(30)21(18)27)32(6)17-20-25(33)38-29(5)22-19(2)10-8-12-28(22,4)14-16-31(20,29)36/h20,23-24,35-36H,7-17H2,1-6H3/t20?,23?,24-,27+,28-,29-,30?,31?/m0/s1. The summed E-state index contributed by atoms with van der Waals surface area (Å²) in [5, 5.41) is 24.3. The van der Waals surface area contributed by atoms with Crippen molar-refractivity contribution in [2.45, 2.75) is 128 Å². The normalized spacial score (nSPS) is 48.4. The van der Waals surface area contributed by atoms with Crippen molar-refractivity contribution in [2.24, 2.45) is 16.7 Å². The number of aliphatic hydroxyl groups is 2. The van der Waals surface area contributed by atoms with Crippen molar-refractivity contribution in [3.05, 3.63) is 22.3 Å². The van der Waals surface area contributed by atoms with Gasteiger partial charge in [-0.05, 0) is 114 Å². The first-order valence-electron chi connectivity index (χ1n) is 14.7. The zero-order valence-electron chi connectivity index (χ0n) is 24.0. The lowest BCUT2D eigenvalue weighted by Crippen LogP contribution is -2.63. The Kier molecular flexibility index (Phi) is 5.70. The molecule has 2 N–H and O–H groups in total. The van der Waals surface area contributed by atoms with E-state index in [1.54, 1.807) is 11.9 Å². The number of rotatable bonds is 3. The maximum atomic E-state index is 13.5. The van der Waals surface area contributed by atoms with Gasteiger partial charge in [0.25, 0.3) is 0 Å². The Bertz CT molecular complexity index is 1160. The molecule has 8 atom stereocenters. The van der Waals surface area contributed by atoms with Gasteiger partial charge in [-0.3, -0.25) is 14.5 Å². The van der Waals surface area contributed by atoms with Crippen LogP contribution in [0.4, 0.5) is 0 Å². The molecule has 4 aliphatic carbocycles. The average Bonchev–Trinajstić information content (AvgIpc) is 3.19. The van der Waals surface area contributed by atoms with Crippen molar-refractivity contribution >= 4 is 11.9 Å². The minimum Gasteiger partial charge on any atom is -0.453 e. The van der Waals surface area contributed by atoms with Crippen LogP contribution in [0.25, 0.3) is 0 Å². The second-order valence-corrected chi connectivity index (χ2v) is 14.3. The van der Waals surface area contributed by atoms with Crippen LogP contribution in [0, 0.1) is 16.7 Å². The monoisotopic (exact) mass is 527 g/mol. The predicted octanol–water partition coefficient (Wildman–Crippen LogP) is 4.21. The first-order valence-corrected chi connectivity index (χ1v) is 14.7. The lowest BCUT2D eigenvalue weighted by molar-refractivity contribution is -0.156. The third-order valence-electron chi connectivity index (χ3n) is 11.9. The van der Waals surface area contributed by atoms with Gasteiger partial charge in [-0.15, -0.1) is 0 Å². The number of allylic oxidation sites excluding steroid dienone is 2. The summed E-state index contributed by atoms with van der Waals surface area (Å²) in [5.74, 6) is -1.68. The fraction of sp³-hybridized carbons (Fsp3) is 0.806. The number of carbonyl (C=O) groups is 2. The number of hydrogen-bond donors (Lipinski definition) is 2. The van der Waals surface area contributed by atoms with E-state index in [2.05, 4.69) is 27.7 Å². The molecule has 6 rings (SSSR count). The number of hydrogen-bond acceptors (Lipinski definition) is 7. The van der Waals surface area contributed by atoms with Gasteiger partial charge in [0.05, 0.1) is 0 Å². The van der Waals surface area contributed by atoms with E-state index < -0.39 is 46.8 Å². The van der Waals surface area contributed by atoms with Crippen LogP contribution in [0.15, 0.2) is 22.3 Å².